The lowest BCUT2D eigenvalue weighted by Gasteiger charge is -2.15. The summed E-state index contributed by atoms with van der Waals surface area (Å²) in [7, 11) is 1.89. The van der Waals surface area contributed by atoms with E-state index in [2.05, 4.69) is 25.8 Å². The van der Waals surface area contributed by atoms with E-state index in [4.69, 9.17) is 4.52 Å². The summed E-state index contributed by atoms with van der Waals surface area (Å²) in [5.41, 5.74) is 1.55. The number of hydrogen-bond acceptors (Lipinski definition) is 6. The molecular formula is C20H23N5O2. The van der Waals surface area contributed by atoms with Gasteiger partial charge in [0.1, 0.15) is 6.04 Å². The molecule has 3 rings (SSSR count). The monoisotopic (exact) mass is 365 g/mol. The van der Waals surface area contributed by atoms with Gasteiger partial charge in [0.05, 0.1) is 0 Å². The maximum atomic E-state index is 12.6. The van der Waals surface area contributed by atoms with Crippen molar-refractivity contribution >= 4 is 5.91 Å². The average molecular weight is 365 g/mol. The van der Waals surface area contributed by atoms with Gasteiger partial charge in [0.15, 0.2) is 5.82 Å². The third-order valence-corrected chi connectivity index (χ3v) is 4.27. The minimum atomic E-state index is -0.437. The van der Waals surface area contributed by atoms with Crippen molar-refractivity contribution in [3.63, 3.8) is 0 Å². The fourth-order valence-corrected chi connectivity index (χ4v) is 2.65. The lowest BCUT2D eigenvalue weighted by atomic mass is 10.1. The number of likely N-dealkylation sites (N-methyl/N-ethyl adjacent to an activating group) is 1. The molecule has 27 heavy (non-hydrogen) atoms. The first kappa shape index (κ1) is 18.7. The average Bonchev–Trinajstić information content (AvgIpc) is 3.17. The molecule has 0 saturated heterocycles. The molecule has 1 aromatic carbocycles. The van der Waals surface area contributed by atoms with Crippen LogP contribution in [-0.4, -0.2) is 34.1 Å². The molecule has 2 unspecified atom stereocenters. The summed E-state index contributed by atoms with van der Waals surface area (Å²) in [5, 5.41) is 10.2. The molecule has 7 heteroatoms. The summed E-state index contributed by atoms with van der Waals surface area (Å²) in [6.07, 6.45) is 4.63. The third-order valence-electron chi connectivity index (χ3n) is 4.27. The normalized spacial score (nSPS) is 13.1. The van der Waals surface area contributed by atoms with E-state index in [0.717, 1.165) is 5.56 Å². The van der Waals surface area contributed by atoms with Gasteiger partial charge in [0, 0.05) is 36.8 Å². The van der Waals surface area contributed by atoms with Gasteiger partial charge < -0.3 is 15.2 Å². The third kappa shape index (κ3) is 5.21. The van der Waals surface area contributed by atoms with Gasteiger partial charge in [-0.15, -0.1) is 0 Å². The van der Waals surface area contributed by atoms with Crippen molar-refractivity contribution in [1.82, 2.24) is 25.8 Å². The van der Waals surface area contributed by atoms with Crippen LogP contribution in [0.25, 0.3) is 0 Å². The van der Waals surface area contributed by atoms with E-state index in [9.17, 15) is 4.79 Å². The zero-order chi connectivity index (χ0) is 19.1. The van der Waals surface area contributed by atoms with Gasteiger partial charge in [-0.3, -0.25) is 9.78 Å². The van der Waals surface area contributed by atoms with E-state index in [-0.39, 0.29) is 11.9 Å². The van der Waals surface area contributed by atoms with Crippen LogP contribution >= 0.6 is 0 Å². The first-order valence-corrected chi connectivity index (χ1v) is 8.90. The highest BCUT2D eigenvalue weighted by Crippen LogP contribution is 2.18. The molecule has 2 heterocycles. The van der Waals surface area contributed by atoms with Crippen LogP contribution in [0.2, 0.25) is 0 Å². The van der Waals surface area contributed by atoms with E-state index < -0.39 is 6.04 Å². The van der Waals surface area contributed by atoms with Gasteiger partial charge in [-0.25, -0.2) is 0 Å². The Morgan fingerprint density at radius 2 is 1.96 bits per heavy atom. The van der Waals surface area contributed by atoms with E-state index >= 15 is 0 Å². The number of carbonyl (C=O) groups excluding carboxylic acids is 1. The number of nitrogens with one attached hydrogen (secondary N) is 2. The maximum Gasteiger partial charge on any atom is 0.251 e. The lowest BCUT2D eigenvalue weighted by molar-refractivity contribution is 0.0928. The van der Waals surface area contributed by atoms with Crippen molar-refractivity contribution < 1.29 is 9.32 Å². The van der Waals surface area contributed by atoms with Crippen LogP contribution in [0.5, 0.6) is 0 Å². The van der Waals surface area contributed by atoms with E-state index in [1.165, 1.54) is 0 Å². The molecule has 7 nitrogen and oxygen atoms in total. The quantitative estimate of drug-likeness (QED) is 0.636. The van der Waals surface area contributed by atoms with Gasteiger partial charge >= 0.3 is 0 Å². The molecule has 0 aliphatic rings. The fourth-order valence-electron chi connectivity index (χ4n) is 2.65. The summed E-state index contributed by atoms with van der Waals surface area (Å²) in [5.74, 6) is 0.811. The minimum absolute atomic E-state index is 0.187. The van der Waals surface area contributed by atoms with E-state index in [0.29, 0.717) is 30.1 Å². The molecule has 2 N–H and O–H groups in total. The molecule has 3 aromatic rings. The standard InChI is InChI=1S/C20H23N5O2/c1-14(21-2)11-18-24-20(27-25-18)17(12-15-7-6-10-22-13-15)23-19(26)16-8-4-3-5-9-16/h3-10,13-14,17,21H,11-12H2,1-2H3,(H,23,26). The Morgan fingerprint density at radius 1 is 1.15 bits per heavy atom. The molecule has 0 aliphatic carbocycles. The van der Waals surface area contributed by atoms with Crippen LogP contribution < -0.4 is 10.6 Å². The summed E-state index contributed by atoms with van der Waals surface area (Å²) >= 11 is 0. The molecule has 2 atom stereocenters. The summed E-state index contributed by atoms with van der Waals surface area (Å²) in [6, 6.07) is 12.7. The second-order valence-corrected chi connectivity index (χ2v) is 6.40. The lowest BCUT2D eigenvalue weighted by Crippen LogP contribution is -2.30. The van der Waals surface area contributed by atoms with Crippen LogP contribution in [-0.2, 0) is 12.8 Å². The van der Waals surface area contributed by atoms with Crippen molar-refractivity contribution in [3.8, 4) is 0 Å². The van der Waals surface area contributed by atoms with Crippen LogP contribution in [0.1, 0.15) is 40.6 Å². The van der Waals surface area contributed by atoms with Gasteiger partial charge in [0.25, 0.3) is 5.91 Å². The molecule has 140 valence electrons. The smallest absolute Gasteiger partial charge is 0.251 e. The molecule has 0 saturated carbocycles. The van der Waals surface area contributed by atoms with Crippen LogP contribution in [0.4, 0.5) is 0 Å². The van der Waals surface area contributed by atoms with Crippen LogP contribution in [0.3, 0.4) is 0 Å². The number of nitrogens with zero attached hydrogens (tertiary/aromatic N) is 3. The molecule has 0 bridgehead atoms. The Kier molecular flexibility index (Phi) is 6.27. The predicted molar refractivity (Wildman–Crippen MR) is 101 cm³/mol. The number of hydrogen-bond donors (Lipinski definition) is 2. The Hall–Kier alpha value is -3.06. The highest BCUT2D eigenvalue weighted by Gasteiger charge is 2.23. The SMILES string of the molecule is CNC(C)Cc1noc(C(Cc2cccnc2)NC(=O)c2ccccc2)n1. The predicted octanol–water partition coefficient (Wildman–Crippen LogP) is 2.33. The summed E-state index contributed by atoms with van der Waals surface area (Å²) < 4.78 is 5.46. The second kappa shape index (κ2) is 9.05. The van der Waals surface area contributed by atoms with Crippen LogP contribution in [0.15, 0.2) is 59.4 Å². The number of amides is 1. The Bertz CT molecular complexity index is 851. The van der Waals surface area contributed by atoms with Crippen molar-refractivity contribution in [3.05, 3.63) is 77.7 Å². The fraction of sp³-hybridized carbons (Fsp3) is 0.300. The number of rotatable bonds is 8. The van der Waals surface area contributed by atoms with Gasteiger partial charge in [0.2, 0.25) is 5.89 Å². The van der Waals surface area contributed by atoms with Gasteiger partial charge in [-0.2, -0.15) is 4.98 Å². The molecule has 1 amide bonds. The van der Waals surface area contributed by atoms with Crippen molar-refractivity contribution in [2.24, 2.45) is 0 Å². The van der Waals surface area contributed by atoms with Crippen molar-refractivity contribution in [2.45, 2.75) is 31.8 Å². The molecule has 2 aromatic heterocycles. The molecular weight excluding hydrogens is 342 g/mol. The molecule has 0 spiro atoms. The Labute approximate surface area is 158 Å². The second-order valence-electron chi connectivity index (χ2n) is 6.40. The van der Waals surface area contributed by atoms with Crippen LogP contribution in [0, 0.1) is 0 Å². The number of pyridine rings is 1. The van der Waals surface area contributed by atoms with Crippen molar-refractivity contribution in [1.29, 1.82) is 0 Å². The largest absolute Gasteiger partial charge is 0.340 e. The summed E-state index contributed by atoms with van der Waals surface area (Å²) in [6.45, 7) is 2.04. The zero-order valence-electron chi connectivity index (χ0n) is 15.4. The molecule has 0 fully saturated rings. The van der Waals surface area contributed by atoms with E-state index in [1.807, 2.05) is 44.3 Å². The highest BCUT2D eigenvalue weighted by molar-refractivity contribution is 5.94. The first-order valence-electron chi connectivity index (χ1n) is 8.90. The van der Waals surface area contributed by atoms with E-state index in [1.54, 1.807) is 24.5 Å². The highest BCUT2D eigenvalue weighted by atomic mass is 16.5. The minimum Gasteiger partial charge on any atom is -0.340 e. The van der Waals surface area contributed by atoms with Crippen molar-refractivity contribution in [2.75, 3.05) is 7.05 Å². The summed E-state index contributed by atoms with van der Waals surface area (Å²) in [4.78, 5) is 21.2. The number of benzene rings is 1. The molecule has 0 aliphatic heterocycles. The zero-order valence-corrected chi connectivity index (χ0v) is 15.4. The topological polar surface area (TPSA) is 92.9 Å². The van der Waals surface area contributed by atoms with Gasteiger partial charge in [-0.1, -0.05) is 29.4 Å². The van der Waals surface area contributed by atoms with Gasteiger partial charge in [-0.05, 0) is 37.7 Å². The first-order chi connectivity index (χ1) is 13.2. The Balaban J connectivity index is 1.80. The number of carbonyl (C=O) groups is 1. The molecule has 0 radical (unpaired) electrons. The Morgan fingerprint density at radius 3 is 2.67 bits per heavy atom. The maximum absolute atomic E-state index is 12.6. The number of aromatic nitrogens is 3.